The van der Waals surface area contributed by atoms with Gasteiger partial charge in [-0.25, -0.2) is 0 Å². The summed E-state index contributed by atoms with van der Waals surface area (Å²) in [5, 5.41) is 0. The summed E-state index contributed by atoms with van der Waals surface area (Å²) in [6, 6.07) is 6.22. The minimum absolute atomic E-state index is 0. The maximum atomic E-state index is 12.8. The number of nitrogens with zero attached hydrogens (tertiary/aromatic N) is 1. The van der Waals surface area contributed by atoms with Crippen molar-refractivity contribution in [1.29, 1.82) is 0 Å². The zero-order valence-corrected chi connectivity index (χ0v) is 15.1. The number of nitrogens with two attached hydrogens (primary N) is 1. The Kier molecular flexibility index (Phi) is 6.70. The maximum Gasteiger partial charge on any atom is 0.230 e. The Hall–Kier alpha value is -0.580. The minimum atomic E-state index is -0.385. The standard InChI is InChI=1S/C16H23BrN2O.ClH/c1-3-16(4-2,11-18)15(20)19-9-8-13-12(10-19)6-5-7-14(13)17;/h5-7H,3-4,8-11,18H2,1-2H3;1H. The summed E-state index contributed by atoms with van der Waals surface area (Å²) in [5.41, 5.74) is 8.10. The third-order valence-electron chi connectivity index (χ3n) is 4.69. The van der Waals surface area contributed by atoms with Gasteiger partial charge in [0.05, 0.1) is 5.41 Å². The van der Waals surface area contributed by atoms with Crippen LogP contribution in [0.25, 0.3) is 0 Å². The van der Waals surface area contributed by atoms with Crippen LogP contribution >= 0.6 is 28.3 Å². The van der Waals surface area contributed by atoms with Crippen LogP contribution in [0.5, 0.6) is 0 Å². The van der Waals surface area contributed by atoms with Crippen molar-refractivity contribution in [1.82, 2.24) is 4.90 Å². The van der Waals surface area contributed by atoms with Crippen LogP contribution in [0.3, 0.4) is 0 Å². The number of hydrogen-bond acceptors (Lipinski definition) is 2. The molecular weight excluding hydrogens is 352 g/mol. The Morgan fingerprint density at radius 2 is 2.05 bits per heavy atom. The molecule has 0 aromatic heterocycles. The van der Waals surface area contributed by atoms with E-state index in [0.29, 0.717) is 13.1 Å². The van der Waals surface area contributed by atoms with E-state index in [9.17, 15) is 4.79 Å². The van der Waals surface area contributed by atoms with Gasteiger partial charge in [-0.3, -0.25) is 4.79 Å². The fourth-order valence-electron chi connectivity index (χ4n) is 3.00. The van der Waals surface area contributed by atoms with Crippen LogP contribution in [-0.4, -0.2) is 23.9 Å². The van der Waals surface area contributed by atoms with Crippen LogP contribution in [0.2, 0.25) is 0 Å². The quantitative estimate of drug-likeness (QED) is 0.875. The summed E-state index contributed by atoms with van der Waals surface area (Å²) in [6.45, 7) is 6.04. The van der Waals surface area contributed by atoms with Gasteiger partial charge < -0.3 is 10.6 Å². The normalized spacial score (nSPS) is 14.4. The first-order valence-corrected chi connectivity index (χ1v) is 8.13. The summed E-state index contributed by atoms with van der Waals surface area (Å²) in [4.78, 5) is 14.8. The summed E-state index contributed by atoms with van der Waals surface area (Å²) in [7, 11) is 0. The number of amides is 1. The first-order chi connectivity index (χ1) is 9.57. The predicted molar refractivity (Wildman–Crippen MR) is 92.6 cm³/mol. The first kappa shape index (κ1) is 18.5. The molecule has 0 spiro atoms. The second-order valence-electron chi connectivity index (χ2n) is 5.55. The van der Waals surface area contributed by atoms with E-state index in [0.717, 1.165) is 30.3 Å². The van der Waals surface area contributed by atoms with Gasteiger partial charge in [0.2, 0.25) is 5.91 Å². The van der Waals surface area contributed by atoms with Crippen molar-refractivity contribution in [3.05, 3.63) is 33.8 Å². The Morgan fingerprint density at radius 1 is 1.38 bits per heavy atom. The molecule has 118 valence electrons. The third-order valence-corrected chi connectivity index (χ3v) is 5.44. The molecule has 0 saturated heterocycles. The van der Waals surface area contributed by atoms with Gasteiger partial charge in [0.15, 0.2) is 0 Å². The van der Waals surface area contributed by atoms with Crippen molar-refractivity contribution in [3.8, 4) is 0 Å². The Morgan fingerprint density at radius 3 is 2.62 bits per heavy atom. The molecule has 1 aromatic rings. The Balaban J connectivity index is 0.00000220. The topological polar surface area (TPSA) is 46.3 Å². The molecule has 3 nitrogen and oxygen atoms in total. The molecule has 0 aliphatic carbocycles. The number of benzene rings is 1. The molecule has 0 atom stereocenters. The molecule has 5 heteroatoms. The van der Waals surface area contributed by atoms with Gasteiger partial charge in [0, 0.05) is 24.1 Å². The molecule has 0 saturated carbocycles. The zero-order chi connectivity index (χ0) is 14.8. The van der Waals surface area contributed by atoms with E-state index in [1.165, 1.54) is 11.1 Å². The van der Waals surface area contributed by atoms with Crippen molar-refractivity contribution < 1.29 is 4.79 Å². The Labute approximate surface area is 141 Å². The molecule has 21 heavy (non-hydrogen) atoms. The summed E-state index contributed by atoms with van der Waals surface area (Å²) in [5.74, 6) is 0.218. The Bertz CT molecular complexity index is 495. The molecule has 0 radical (unpaired) electrons. The van der Waals surface area contributed by atoms with E-state index in [1.807, 2.05) is 11.0 Å². The second-order valence-corrected chi connectivity index (χ2v) is 6.40. The molecule has 0 bridgehead atoms. The van der Waals surface area contributed by atoms with E-state index in [-0.39, 0.29) is 23.7 Å². The third kappa shape index (κ3) is 3.43. The molecular formula is C16H24BrClN2O. The van der Waals surface area contributed by atoms with E-state index in [2.05, 4.69) is 41.9 Å². The minimum Gasteiger partial charge on any atom is -0.338 e. The number of hydrogen-bond donors (Lipinski definition) is 1. The molecule has 1 aromatic carbocycles. The molecule has 2 rings (SSSR count). The van der Waals surface area contributed by atoms with Crippen LogP contribution in [0, 0.1) is 5.41 Å². The number of carbonyl (C=O) groups excluding carboxylic acids is 1. The largest absolute Gasteiger partial charge is 0.338 e. The fraction of sp³-hybridized carbons (Fsp3) is 0.562. The van der Waals surface area contributed by atoms with E-state index >= 15 is 0 Å². The second kappa shape index (κ2) is 7.61. The van der Waals surface area contributed by atoms with E-state index < -0.39 is 0 Å². The highest BCUT2D eigenvalue weighted by atomic mass is 79.9. The van der Waals surface area contributed by atoms with Crippen molar-refractivity contribution in [2.45, 2.75) is 39.7 Å². The lowest BCUT2D eigenvalue weighted by Gasteiger charge is -2.38. The maximum absolute atomic E-state index is 12.8. The van der Waals surface area contributed by atoms with Gasteiger partial charge in [-0.05, 0) is 36.5 Å². The number of carbonyl (C=O) groups is 1. The highest BCUT2D eigenvalue weighted by molar-refractivity contribution is 9.10. The summed E-state index contributed by atoms with van der Waals surface area (Å²) < 4.78 is 1.15. The molecule has 1 amide bonds. The van der Waals surface area contributed by atoms with Gasteiger partial charge in [-0.1, -0.05) is 41.9 Å². The van der Waals surface area contributed by atoms with Crippen LogP contribution in [-0.2, 0) is 17.8 Å². The van der Waals surface area contributed by atoms with Gasteiger partial charge >= 0.3 is 0 Å². The van der Waals surface area contributed by atoms with Crippen molar-refractivity contribution in [2.24, 2.45) is 11.1 Å². The van der Waals surface area contributed by atoms with Gasteiger partial charge in [-0.15, -0.1) is 12.4 Å². The first-order valence-electron chi connectivity index (χ1n) is 7.33. The number of fused-ring (bicyclic) bond motifs is 1. The molecule has 1 aliphatic heterocycles. The lowest BCUT2D eigenvalue weighted by atomic mass is 9.80. The molecule has 1 aliphatic rings. The van der Waals surface area contributed by atoms with Gasteiger partial charge in [0.25, 0.3) is 0 Å². The smallest absolute Gasteiger partial charge is 0.230 e. The highest BCUT2D eigenvalue weighted by Crippen LogP contribution is 2.32. The number of rotatable bonds is 4. The zero-order valence-electron chi connectivity index (χ0n) is 12.7. The summed E-state index contributed by atoms with van der Waals surface area (Å²) in [6.07, 6.45) is 2.53. The van der Waals surface area contributed by atoms with E-state index in [1.54, 1.807) is 0 Å². The van der Waals surface area contributed by atoms with Crippen LogP contribution in [0.1, 0.15) is 37.8 Å². The molecule has 1 heterocycles. The van der Waals surface area contributed by atoms with Crippen LogP contribution < -0.4 is 5.73 Å². The predicted octanol–water partition coefficient (Wildman–Crippen LogP) is 3.52. The number of halogens is 2. The van der Waals surface area contributed by atoms with Crippen molar-refractivity contribution >= 4 is 34.2 Å². The van der Waals surface area contributed by atoms with Crippen molar-refractivity contribution in [2.75, 3.05) is 13.1 Å². The SMILES string of the molecule is CCC(CC)(CN)C(=O)N1CCc2c(Br)cccc2C1.Cl. The average molecular weight is 376 g/mol. The van der Waals surface area contributed by atoms with Gasteiger partial charge in [0.1, 0.15) is 0 Å². The molecule has 0 unspecified atom stereocenters. The van der Waals surface area contributed by atoms with Gasteiger partial charge in [-0.2, -0.15) is 0 Å². The monoisotopic (exact) mass is 374 g/mol. The molecule has 2 N–H and O–H groups in total. The molecule has 0 fully saturated rings. The lowest BCUT2D eigenvalue weighted by molar-refractivity contribution is -0.143. The fourth-order valence-corrected chi connectivity index (χ4v) is 3.61. The van der Waals surface area contributed by atoms with Crippen LogP contribution in [0.15, 0.2) is 22.7 Å². The lowest BCUT2D eigenvalue weighted by Crippen LogP contribution is -2.49. The van der Waals surface area contributed by atoms with Crippen molar-refractivity contribution in [3.63, 3.8) is 0 Å². The van der Waals surface area contributed by atoms with E-state index in [4.69, 9.17) is 5.73 Å². The average Bonchev–Trinajstić information content (AvgIpc) is 2.49. The summed E-state index contributed by atoms with van der Waals surface area (Å²) >= 11 is 3.60. The highest BCUT2D eigenvalue weighted by Gasteiger charge is 2.37. The van der Waals surface area contributed by atoms with Crippen LogP contribution in [0.4, 0.5) is 0 Å².